The van der Waals surface area contributed by atoms with Crippen LogP contribution in [0.5, 0.6) is 0 Å². The van der Waals surface area contributed by atoms with Crippen molar-refractivity contribution in [2.24, 2.45) is 5.41 Å². The van der Waals surface area contributed by atoms with Gasteiger partial charge in [0.1, 0.15) is 0 Å². The number of hydrogen-bond acceptors (Lipinski definition) is 1. The molecule has 3 rings (SSSR count). The first-order chi connectivity index (χ1) is 9.67. The molecule has 1 saturated carbocycles. The molecular formula is C18H22ClN. The summed E-state index contributed by atoms with van der Waals surface area (Å²) in [5.74, 6) is 0. The third kappa shape index (κ3) is 2.83. The standard InChI is InChI=1S/C18H22ClN/c1-18(11-5-2-6-12-18)17(19)13-15-10-9-14-7-3-4-8-16(14)20-15/h3-4,7-10,17H,2,5-6,11-13H2,1H3. The van der Waals surface area contributed by atoms with E-state index in [-0.39, 0.29) is 10.8 Å². The average Bonchev–Trinajstić information content (AvgIpc) is 2.48. The van der Waals surface area contributed by atoms with E-state index in [4.69, 9.17) is 16.6 Å². The van der Waals surface area contributed by atoms with Gasteiger partial charge in [0.05, 0.1) is 5.52 Å². The van der Waals surface area contributed by atoms with Gasteiger partial charge in [0.2, 0.25) is 0 Å². The second-order valence-corrected chi connectivity index (χ2v) is 6.91. The largest absolute Gasteiger partial charge is 0.253 e. The smallest absolute Gasteiger partial charge is 0.0705 e. The second-order valence-electron chi connectivity index (χ2n) is 6.38. The van der Waals surface area contributed by atoms with Crippen molar-refractivity contribution < 1.29 is 0 Å². The molecule has 1 aromatic heterocycles. The summed E-state index contributed by atoms with van der Waals surface area (Å²) in [6.07, 6.45) is 7.41. The molecule has 0 radical (unpaired) electrons. The van der Waals surface area contributed by atoms with Gasteiger partial charge in [0.15, 0.2) is 0 Å². The Hall–Kier alpha value is -1.08. The minimum absolute atomic E-state index is 0.191. The molecule has 1 aromatic carbocycles. The fraction of sp³-hybridized carbons (Fsp3) is 0.500. The second kappa shape index (κ2) is 5.73. The van der Waals surface area contributed by atoms with Crippen LogP contribution in [0.1, 0.15) is 44.7 Å². The van der Waals surface area contributed by atoms with E-state index in [9.17, 15) is 0 Å². The highest BCUT2D eigenvalue weighted by molar-refractivity contribution is 6.21. The van der Waals surface area contributed by atoms with Crippen molar-refractivity contribution in [2.75, 3.05) is 0 Å². The Kier molecular flexibility index (Phi) is 3.98. The molecule has 1 fully saturated rings. The molecule has 0 spiro atoms. The normalized spacial score (nSPS) is 19.9. The third-order valence-electron chi connectivity index (χ3n) is 4.80. The molecule has 20 heavy (non-hydrogen) atoms. The summed E-state index contributed by atoms with van der Waals surface area (Å²) in [4.78, 5) is 4.76. The van der Waals surface area contributed by atoms with Gasteiger partial charge in [-0.05, 0) is 30.4 Å². The first kappa shape index (κ1) is 13.9. The van der Waals surface area contributed by atoms with Gasteiger partial charge in [0, 0.05) is 22.9 Å². The van der Waals surface area contributed by atoms with Gasteiger partial charge in [-0.3, -0.25) is 4.98 Å². The van der Waals surface area contributed by atoms with Crippen molar-refractivity contribution in [1.82, 2.24) is 4.98 Å². The highest BCUT2D eigenvalue weighted by Crippen LogP contribution is 2.42. The number of nitrogens with zero attached hydrogens (tertiary/aromatic N) is 1. The summed E-state index contributed by atoms with van der Waals surface area (Å²) in [6, 6.07) is 12.6. The molecule has 2 heteroatoms. The Morgan fingerprint density at radius 2 is 1.85 bits per heavy atom. The molecule has 2 aromatic rings. The van der Waals surface area contributed by atoms with Crippen molar-refractivity contribution in [3.63, 3.8) is 0 Å². The number of alkyl halides is 1. The van der Waals surface area contributed by atoms with Crippen LogP contribution in [-0.4, -0.2) is 10.4 Å². The van der Waals surface area contributed by atoms with Crippen LogP contribution in [0.25, 0.3) is 10.9 Å². The van der Waals surface area contributed by atoms with Crippen LogP contribution in [0.15, 0.2) is 36.4 Å². The van der Waals surface area contributed by atoms with Crippen molar-refractivity contribution in [1.29, 1.82) is 0 Å². The van der Waals surface area contributed by atoms with Gasteiger partial charge in [-0.2, -0.15) is 0 Å². The lowest BCUT2D eigenvalue weighted by atomic mass is 9.72. The van der Waals surface area contributed by atoms with E-state index < -0.39 is 0 Å². The third-order valence-corrected chi connectivity index (χ3v) is 5.48. The van der Waals surface area contributed by atoms with E-state index >= 15 is 0 Å². The Labute approximate surface area is 126 Å². The van der Waals surface area contributed by atoms with Gasteiger partial charge in [-0.15, -0.1) is 11.6 Å². The number of rotatable bonds is 3. The number of fused-ring (bicyclic) bond motifs is 1. The molecule has 1 nitrogen and oxygen atoms in total. The Morgan fingerprint density at radius 3 is 2.65 bits per heavy atom. The maximum atomic E-state index is 6.75. The van der Waals surface area contributed by atoms with Crippen molar-refractivity contribution in [2.45, 2.75) is 50.8 Å². The number of halogens is 1. The molecular weight excluding hydrogens is 266 g/mol. The predicted octanol–water partition coefficient (Wildman–Crippen LogP) is 5.36. The highest BCUT2D eigenvalue weighted by atomic mass is 35.5. The maximum Gasteiger partial charge on any atom is 0.0705 e. The van der Waals surface area contributed by atoms with Crippen LogP contribution in [0, 0.1) is 5.41 Å². The van der Waals surface area contributed by atoms with E-state index in [1.54, 1.807) is 0 Å². The van der Waals surface area contributed by atoms with Crippen molar-refractivity contribution in [3.8, 4) is 0 Å². The van der Waals surface area contributed by atoms with Crippen LogP contribution in [0.3, 0.4) is 0 Å². The van der Waals surface area contributed by atoms with Gasteiger partial charge in [-0.25, -0.2) is 0 Å². The summed E-state index contributed by atoms with van der Waals surface area (Å²) in [5.41, 5.74) is 2.48. The zero-order valence-electron chi connectivity index (χ0n) is 12.1. The molecule has 1 aliphatic rings. The SMILES string of the molecule is CC1(C(Cl)Cc2ccc3ccccc3n2)CCCCC1. The van der Waals surface area contributed by atoms with Crippen LogP contribution in [-0.2, 0) is 6.42 Å². The Balaban J connectivity index is 1.78. The summed E-state index contributed by atoms with van der Waals surface area (Å²) < 4.78 is 0. The van der Waals surface area contributed by atoms with Crippen LogP contribution >= 0.6 is 11.6 Å². The highest BCUT2D eigenvalue weighted by Gasteiger charge is 2.34. The van der Waals surface area contributed by atoms with Crippen molar-refractivity contribution in [3.05, 3.63) is 42.1 Å². The first-order valence-corrected chi connectivity index (χ1v) is 8.10. The van der Waals surface area contributed by atoms with E-state index in [1.807, 2.05) is 6.07 Å². The zero-order chi connectivity index (χ0) is 14.0. The monoisotopic (exact) mass is 287 g/mol. The molecule has 1 unspecified atom stereocenters. The molecule has 1 atom stereocenters. The van der Waals surface area contributed by atoms with Gasteiger partial charge >= 0.3 is 0 Å². The fourth-order valence-electron chi connectivity index (χ4n) is 3.32. The van der Waals surface area contributed by atoms with Gasteiger partial charge in [-0.1, -0.05) is 50.5 Å². The van der Waals surface area contributed by atoms with Gasteiger partial charge < -0.3 is 0 Å². The quantitative estimate of drug-likeness (QED) is 0.693. The van der Waals surface area contributed by atoms with E-state index in [1.165, 1.54) is 37.5 Å². The summed E-state index contributed by atoms with van der Waals surface area (Å²) in [5, 5.41) is 1.39. The number of pyridine rings is 1. The number of benzene rings is 1. The van der Waals surface area contributed by atoms with Gasteiger partial charge in [0.25, 0.3) is 0 Å². The Morgan fingerprint density at radius 1 is 1.10 bits per heavy atom. The lowest BCUT2D eigenvalue weighted by molar-refractivity contribution is 0.204. The number of aromatic nitrogens is 1. The lowest BCUT2D eigenvalue weighted by Gasteiger charge is -2.37. The van der Waals surface area contributed by atoms with E-state index in [0.29, 0.717) is 0 Å². The summed E-state index contributed by atoms with van der Waals surface area (Å²) in [7, 11) is 0. The lowest BCUT2D eigenvalue weighted by Crippen LogP contribution is -2.32. The van der Waals surface area contributed by atoms with E-state index in [2.05, 4.69) is 37.3 Å². The maximum absolute atomic E-state index is 6.75. The summed E-state index contributed by atoms with van der Waals surface area (Å²) in [6.45, 7) is 2.35. The molecule has 106 valence electrons. The molecule has 0 bridgehead atoms. The number of para-hydroxylation sites is 1. The summed E-state index contributed by atoms with van der Waals surface area (Å²) >= 11 is 6.75. The molecule has 0 saturated heterocycles. The van der Waals surface area contributed by atoms with Crippen LogP contribution in [0.4, 0.5) is 0 Å². The molecule has 0 N–H and O–H groups in total. The fourth-order valence-corrected chi connectivity index (χ4v) is 3.70. The van der Waals surface area contributed by atoms with Crippen LogP contribution < -0.4 is 0 Å². The van der Waals surface area contributed by atoms with E-state index in [0.717, 1.165) is 17.6 Å². The molecule has 1 heterocycles. The molecule has 0 aliphatic heterocycles. The first-order valence-electron chi connectivity index (χ1n) is 7.66. The topological polar surface area (TPSA) is 12.9 Å². The van der Waals surface area contributed by atoms with Crippen LogP contribution in [0.2, 0.25) is 0 Å². The molecule has 0 amide bonds. The Bertz CT molecular complexity index is 587. The number of hydrogen-bond donors (Lipinski definition) is 0. The average molecular weight is 288 g/mol. The minimum atomic E-state index is 0.191. The predicted molar refractivity (Wildman–Crippen MR) is 86.3 cm³/mol. The van der Waals surface area contributed by atoms with Crippen molar-refractivity contribution >= 4 is 22.5 Å². The zero-order valence-corrected chi connectivity index (χ0v) is 12.9. The minimum Gasteiger partial charge on any atom is -0.253 e. The molecule has 1 aliphatic carbocycles.